The van der Waals surface area contributed by atoms with Crippen LogP contribution in [-0.4, -0.2) is 20.7 Å². The number of benzene rings is 1. The molecule has 3 N–H and O–H groups in total. The second-order valence-electron chi connectivity index (χ2n) is 6.80. The lowest BCUT2D eigenvalue weighted by Gasteiger charge is -2.15. The maximum absolute atomic E-state index is 12.6. The second kappa shape index (κ2) is 6.94. The average molecular weight is 349 g/mol. The Balaban J connectivity index is 1.79. The highest BCUT2D eigenvalue weighted by molar-refractivity contribution is 5.94. The van der Waals surface area contributed by atoms with Crippen molar-refractivity contribution >= 4 is 10.9 Å². The van der Waals surface area contributed by atoms with Gasteiger partial charge in [0.2, 0.25) is 0 Å². The Hall–Kier alpha value is -2.63. The number of hydrogen-bond acceptors (Lipinski definition) is 3. The predicted molar refractivity (Wildman–Crippen MR) is 104 cm³/mol. The van der Waals surface area contributed by atoms with E-state index in [0.717, 1.165) is 34.9 Å². The lowest BCUT2D eigenvalue weighted by atomic mass is 10.0. The van der Waals surface area contributed by atoms with Crippen LogP contribution in [-0.2, 0) is 6.54 Å². The van der Waals surface area contributed by atoms with Gasteiger partial charge in [0.1, 0.15) is 11.7 Å². The SMILES string of the molecule is C/C=C/Cn1cc(-c2cccc(C(O)NC3CC3)c2)c2cc[nH]c2c1=O. The van der Waals surface area contributed by atoms with Crippen LogP contribution in [0.1, 0.15) is 31.6 Å². The lowest BCUT2D eigenvalue weighted by Crippen LogP contribution is -2.22. The summed E-state index contributed by atoms with van der Waals surface area (Å²) in [6.07, 6.45) is 9.16. The highest BCUT2D eigenvalue weighted by Gasteiger charge is 2.24. The summed E-state index contributed by atoms with van der Waals surface area (Å²) in [6, 6.07) is 10.2. The molecule has 4 rings (SSSR count). The number of pyridine rings is 1. The molecule has 5 nitrogen and oxygen atoms in total. The number of allylic oxidation sites excluding steroid dienone is 2. The van der Waals surface area contributed by atoms with Crippen molar-refractivity contribution in [2.24, 2.45) is 0 Å². The fraction of sp³-hybridized carbons (Fsp3) is 0.286. The van der Waals surface area contributed by atoms with E-state index in [0.29, 0.717) is 18.1 Å². The molecule has 0 saturated heterocycles. The molecule has 0 spiro atoms. The van der Waals surface area contributed by atoms with E-state index in [9.17, 15) is 9.90 Å². The molecule has 26 heavy (non-hydrogen) atoms. The van der Waals surface area contributed by atoms with Crippen molar-refractivity contribution in [3.63, 3.8) is 0 Å². The first-order valence-corrected chi connectivity index (χ1v) is 9.03. The first-order valence-electron chi connectivity index (χ1n) is 9.03. The second-order valence-corrected chi connectivity index (χ2v) is 6.80. The van der Waals surface area contributed by atoms with Crippen molar-refractivity contribution in [1.82, 2.24) is 14.9 Å². The van der Waals surface area contributed by atoms with E-state index in [-0.39, 0.29) is 5.56 Å². The van der Waals surface area contributed by atoms with Crippen LogP contribution >= 0.6 is 0 Å². The Labute approximate surface area is 152 Å². The summed E-state index contributed by atoms with van der Waals surface area (Å²) >= 11 is 0. The number of aromatic amines is 1. The van der Waals surface area contributed by atoms with Gasteiger partial charge in [-0.2, -0.15) is 0 Å². The topological polar surface area (TPSA) is 70.0 Å². The summed E-state index contributed by atoms with van der Waals surface area (Å²) in [4.78, 5) is 15.7. The van der Waals surface area contributed by atoms with E-state index >= 15 is 0 Å². The van der Waals surface area contributed by atoms with Crippen LogP contribution < -0.4 is 10.9 Å². The normalized spacial score (nSPS) is 15.8. The fourth-order valence-electron chi connectivity index (χ4n) is 3.23. The molecule has 1 aliphatic carbocycles. The van der Waals surface area contributed by atoms with Gasteiger partial charge in [0.05, 0.1) is 0 Å². The minimum absolute atomic E-state index is 0.0292. The van der Waals surface area contributed by atoms with Gasteiger partial charge in [0, 0.05) is 35.9 Å². The number of aliphatic hydroxyl groups excluding tert-OH is 1. The Morgan fingerprint density at radius 3 is 3.00 bits per heavy atom. The van der Waals surface area contributed by atoms with E-state index in [1.54, 1.807) is 10.8 Å². The molecule has 1 unspecified atom stereocenters. The van der Waals surface area contributed by atoms with E-state index in [1.807, 2.05) is 55.6 Å². The van der Waals surface area contributed by atoms with Gasteiger partial charge in [-0.3, -0.25) is 10.1 Å². The quantitative estimate of drug-likeness (QED) is 0.472. The highest BCUT2D eigenvalue weighted by atomic mass is 16.3. The molecule has 1 atom stereocenters. The van der Waals surface area contributed by atoms with Crippen molar-refractivity contribution < 1.29 is 5.11 Å². The van der Waals surface area contributed by atoms with Crippen LogP contribution in [0.2, 0.25) is 0 Å². The summed E-state index contributed by atoms with van der Waals surface area (Å²) in [5, 5.41) is 14.5. The molecule has 5 heteroatoms. The highest BCUT2D eigenvalue weighted by Crippen LogP contribution is 2.29. The number of nitrogens with one attached hydrogen (secondary N) is 2. The smallest absolute Gasteiger partial charge is 0.275 e. The Morgan fingerprint density at radius 1 is 1.38 bits per heavy atom. The first-order chi connectivity index (χ1) is 12.7. The van der Waals surface area contributed by atoms with Crippen molar-refractivity contribution in [2.45, 2.75) is 38.6 Å². The number of nitrogens with zero attached hydrogens (tertiary/aromatic N) is 1. The molecular formula is C21H23N3O2. The molecule has 0 aliphatic heterocycles. The average Bonchev–Trinajstić information content (AvgIpc) is 3.33. The molecule has 134 valence electrons. The van der Waals surface area contributed by atoms with Gasteiger partial charge in [-0.15, -0.1) is 0 Å². The Bertz CT molecular complexity index is 1010. The van der Waals surface area contributed by atoms with Crippen LogP contribution in [0.15, 0.2) is 59.7 Å². The van der Waals surface area contributed by atoms with E-state index in [2.05, 4.69) is 10.3 Å². The molecule has 0 amide bonds. The van der Waals surface area contributed by atoms with Gasteiger partial charge in [-0.1, -0.05) is 30.4 Å². The number of fused-ring (bicyclic) bond motifs is 1. The fourth-order valence-corrected chi connectivity index (χ4v) is 3.23. The Morgan fingerprint density at radius 2 is 2.23 bits per heavy atom. The summed E-state index contributed by atoms with van der Waals surface area (Å²) in [6.45, 7) is 2.47. The van der Waals surface area contributed by atoms with Crippen LogP contribution in [0.3, 0.4) is 0 Å². The van der Waals surface area contributed by atoms with Gasteiger partial charge < -0.3 is 14.7 Å². The van der Waals surface area contributed by atoms with Gasteiger partial charge in [-0.05, 0) is 43.0 Å². The minimum Gasteiger partial charge on any atom is -0.374 e. The molecule has 2 aromatic heterocycles. The van der Waals surface area contributed by atoms with Gasteiger partial charge >= 0.3 is 0 Å². The summed E-state index contributed by atoms with van der Waals surface area (Å²) in [7, 11) is 0. The van der Waals surface area contributed by atoms with Crippen molar-refractivity contribution in [3.8, 4) is 11.1 Å². The molecule has 1 aromatic carbocycles. The summed E-state index contributed by atoms with van der Waals surface area (Å²) in [5.74, 6) is 0. The third kappa shape index (κ3) is 3.23. The minimum atomic E-state index is -0.668. The molecule has 1 saturated carbocycles. The number of hydrogen-bond donors (Lipinski definition) is 3. The Kier molecular flexibility index (Phi) is 4.49. The maximum atomic E-state index is 12.6. The van der Waals surface area contributed by atoms with E-state index < -0.39 is 6.23 Å². The largest absolute Gasteiger partial charge is 0.374 e. The van der Waals surface area contributed by atoms with Crippen LogP contribution in [0, 0.1) is 0 Å². The third-order valence-corrected chi connectivity index (χ3v) is 4.82. The van der Waals surface area contributed by atoms with Gasteiger partial charge in [-0.25, -0.2) is 0 Å². The molecule has 1 aliphatic rings. The van der Waals surface area contributed by atoms with Crippen LogP contribution in [0.5, 0.6) is 0 Å². The maximum Gasteiger partial charge on any atom is 0.275 e. The molecule has 3 aromatic rings. The van der Waals surface area contributed by atoms with Crippen molar-refractivity contribution in [1.29, 1.82) is 0 Å². The van der Waals surface area contributed by atoms with Crippen molar-refractivity contribution in [2.75, 3.05) is 0 Å². The first kappa shape index (κ1) is 16.8. The summed E-state index contributed by atoms with van der Waals surface area (Å²) in [5.41, 5.74) is 3.38. The number of H-pyrrole nitrogens is 1. The summed E-state index contributed by atoms with van der Waals surface area (Å²) < 4.78 is 1.71. The molecule has 2 heterocycles. The zero-order valence-corrected chi connectivity index (χ0v) is 14.8. The van der Waals surface area contributed by atoms with Gasteiger partial charge in [0.25, 0.3) is 5.56 Å². The predicted octanol–water partition coefficient (Wildman–Crippen LogP) is 3.32. The molecule has 1 fully saturated rings. The van der Waals surface area contributed by atoms with Crippen LogP contribution in [0.4, 0.5) is 0 Å². The van der Waals surface area contributed by atoms with Crippen LogP contribution in [0.25, 0.3) is 22.0 Å². The van der Waals surface area contributed by atoms with Crippen molar-refractivity contribution in [3.05, 3.63) is 70.8 Å². The number of aliphatic hydroxyl groups is 1. The zero-order valence-electron chi connectivity index (χ0n) is 14.8. The third-order valence-electron chi connectivity index (χ3n) is 4.82. The zero-order chi connectivity index (χ0) is 18.1. The van der Waals surface area contributed by atoms with E-state index in [4.69, 9.17) is 0 Å². The molecule has 0 bridgehead atoms. The molecular weight excluding hydrogens is 326 g/mol. The number of aromatic nitrogens is 2. The molecule has 0 radical (unpaired) electrons. The van der Waals surface area contributed by atoms with E-state index in [1.165, 1.54) is 0 Å². The standard InChI is InChI=1S/C21H23N3O2/c1-2-3-11-24-13-18(17-9-10-22-19(17)21(24)26)14-5-4-6-15(12-14)20(25)23-16-7-8-16/h2-6,9-10,12-13,16,20,22-23,25H,7-8,11H2,1H3/b3-2+. The van der Waals surface area contributed by atoms with Gasteiger partial charge in [0.15, 0.2) is 0 Å². The lowest BCUT2D eigenvalue weighted by molar-refractivity contribution is 0.137. The monoisotopic (exact) mass is 349 g/mol. The number of rotatable bonds is 6.